The Kier molecular flexibility index (Phi) is 5.99. The van der Waals surface area contributed by atoms with Crippen LogP contribution >= 0.6 is 0 Å². The molecule has 0 N–H and O–H groups in total. The van der Waals surface area contributed by atoms with Crippen LogP contribution in [0.2, 0.25) is 0 Å². The van der Waals surface area contributed by atoms with Gasteiger partial charge in [-0.1, -0.05) is 48.5 Å². The van der Waals surface area contributed by atoms with E-state index in [0.29, 0.717) is 24.5 Å². The van der Waals surface area contributed by atoms with E-state index in [1.807, 2.05) is 18.2 Å². The fourth-order valence-corrected chi connectivity index (χ4v) is 4.24. The highest BCUT2D eigenvalue weighted by atomic mass is 19.1. The van der Waals surface area contributed by atoms with E-state index in [0.717, 1.165) is 18.8 Å². The molecule has 1 saturated heterocycles. The number of carbonyl (C=O) groups is 2. The Morgan fingerprint density at radius 2 is 1.56 bits per heavy atom. The van der Waals surface area contributed by atoms with Crippen molar-refractivity contribution in [3.05, 3.63) is 96.0 Å². The number of piperazine rings is 1. The van der Waals surface area contributed by atoms with Crippen molar-refractivity contribution in [3.8, 4) is 5.75 Å². The fraction of sp³-hybridized carbons (Fsp3) is 0.185. The van der Waals surface area contributed by atoms with E-state index in [-0.39, 0.29) is 23.8 Å². The molecule has 0 radical (unpaired) electrons. The number of hydrogen-bond donors (Lipinski definition) is 0. The molecule has 1 fully saturated rings. The summed E-state index contributed by atoms with van der Waals surface area (Å²) in [6, 6.07) is 23.3. The molecule has 3 aromatic carbocycles. The average molecular weight is 458 g/mol. The Bertz CT molecular complexity index is 1240. The standard InChI is InChI=1S/C27H24FN3O3/c28-22-11-5-4-8-20(22)18-25-27(33)31(23-12-6-7-13-24(23)34-25)19-26(32)30-16-14-29(15-17-30)21-9-2-1-3-10-21/h1-13,18H,14-17,19H2/b25-18+. The second-order valence-corrected chi connectivity index (χ2v) is 8.19. The van der Waals surface area contributed by atoms with E-state index in [4.69, 9.17) is 4.74 Å². The first-order valence-corrected chi connectivity index (χ1v) is 11.2. The second kappa shape index (κ2) is 9.39. The van der Waals surface area contributed by atoms with E-state index in [1.165, 1.54) is 17.0 Å². The molecule has 3 aromatic rings. The first-order chi connectivity index (χ1) is 16.6. The molecule has 34 heavy (non-hydrogen) atoms. The normalized spacial score (nSPS) is 16.9. The maximum absolute atomic E-state index is 14.2. The van der Waals surface area contributed by atoms with Crippen LogP contribution in [0.5, 0.6) is 5.75 Å². The monoisotopic (exact) mass is 457 g/mol. The summed E-state index contributed by atoms with van der Waals surface area (Å²) in [6.45, 7) is 2.49. The molecule has 0 bridgehead atoms. The van der Waals surface area contributed by atoms with Crippen molar-refractivity contribution in [1.82, 2.24) is 4.90 Å². The van der Waals surface area contributed by atoms with Gasteiger partial charge in [-0.3, -0.25) is 14.5 Å². The van der Waals surface area contributed by atoms with Crippen molar-refractivity contribution in [3.63, 3.8) is 0 Å². The van der Waals surface area contributed by atoms with Crippen molar-refractivity contribution < 1.29 is 18.7 Å². The molecule has 5 rings (SSSR count). The van der Waals surface area contributed by atoms with Gasteiger partial charge in [0.2, 0.25) is 5.91 Å². The van der Waals surface area contributed by atoms with Crippen LogP contribution in [0, 0.1) is 5.82 Å². The van der Waals surface area contributed by atoms with Gasteiger partial charge in [-0.25, -0.2) is 4.39 Å². The lowest BCUT2D eigenvalue weighted by molar-refractivity contribution is -0.131. The zero-order valence-electron chi connectivity index (χ0n) is 18.6. The molecule has 0 aromatic heterocycles. The minimum absolute atomic E-state index is 0.0227. The highest BCUT2D eigenvalue weighted by Gasteiger charge is 2.33. The van der Waals surface area contributed by atoms with E-state index < -0.39 is 11.7 Å². The maximum Gasteiger partial charge on any atom is 0.294 e. The number of hydrogen-bond acceptors (Lipinski definition) is 4. The number of anilines is 2. The molecule has 2 amide bonds. The summed E-state index contributed by atoms with van der Waals surface area (Å²) in [4.78, 5) is 31.9. The lowest BCUT2D eigenvalue weighted by Gasteiger charge is -2.37. The highest BCUT2D eigenvalue weighted by Crippen LogP contribution is 2.35. The smallest absolute Gasteiger partial charge is 0.294 e. The van der Waals surface area contributed by atoms with Gasteiger partial charge in [0, 0.05) is 37.4 Å². The first kappa shape index (κ1) is 21.7. The minimum atomic E-state index is -0.474. The molecule has 6 nitrogen and oxygen atoms in total. The van der Waals surface area contributed by atoms with E-state index in [1.54, 1.807) is 47.4 Å². The number of amides is 2. The first-order valence-electron chi connectivity index (χ1n) is 11.2. The van der Waals surface area contributed by atoms with Crippen molar-refractivity contribution in [1.29, 1.82) is 0 Å². The topological polar surface area (TPSA) is 53.1 Å². The van der Waals surface area contributed by atoms with Crippen LogP contribution < -0.4 is 14.5 Å². The molecule has 2 aliphatic heterocycles. The van der Waals surface area contributed by atoms with Crippen molar-refractivity contribution in [2.75, 3.05) is 42.5 Å². The number of rotatable bonds is 4. The lowest BCUT2D eigenvalue weighted by atomic mass is 10.1. The van der Waals surface area contributed by atoms with Crippen LogP contribution in [0.4, 0.5) is 15.8 Å². The Morgan fingerprint density at radius 1 is 0.882 bits per heavy atom. The largest absolute Gasteiger partial charge is 0.449 e. The predicted octanol–water partition coefficient (Wildman–Crippen LogP) is 3.94. The molecule has 7 heteroatoms. The summed E-state index contributed by atoms with van der Waals surface area (Å²) >= 11 is 0. The molecule has 0 aliphatic carbocycles. The van der Waals surface area contributed by atoms with Gasteiger partial charge < -0.3 is 14.5 Å². The van der Waals surface area contributed by atoms with Crippen LogP contribution in [0.3, 0.4) is 0 Å². The average Bonchev–Trinajstić information content (AvgIpc) is 2.88. The van der Waals surface area contributed by atoms with Gasteiger partial charge in [0.25, 0.3) is 5.91 Å². The van der Waals surface area contributed by atoms with Crippen LogP contribution in [0.25, 0.3) is 6.08 Å². The van der Waals surface area contributed by atoms with Crippen molar-refractivity contribution in [2.24, 2.45) is 0 Å². The molecule has 0 spiro atoms. The molecule has 0 unspecified atom stereocenters. The van der Waals surface area contributed by atoms with Gasteiger partial charge in [0.15, 0.2) is 11.5 Å². The zero-order chi connectivity index (χ0) is 23.5. The van der Waals surface area contributed by atoms with Crippen LogP contribution in [0.15, 0.2) is 84.6 Å². The summed E-state index contributed by atoms with van der Waals surface area (Å²) in [5.74, 6) is -0.637. The molecular formula is C27H24FN3O3. The molecular weight excluding hydrogens is 433 g/mol. The number of carbonyl (C=O) groups excluding carboxylic acids is 2. The Morgan fingerprint density at radius 3 is 2.32 bits per heavy atom. The molecule has 0 atom stereocenters. The van der Waals surface area contributed by atoms with Crippen LogP contribution in [0.1, 0.15) is 5.56 Å². The summed E-state index contributed by atoms with van der Waals surface area (Å²) in [5, 5.41) is 0. The van der Waals surface area contributed by atoms with Gasteiger partial charge in [-0.15, -0.1) is 0 Å². The third kappa shape index (κ3) is 4.37. The minimum Gasteiger partial charge on any atom is -0.449 e. The Labute approximate surface area is 197 Å². The quantitative estimate of drug-likeness (QED) is 0.557. The number of fused-ring (bicyclic) bond motifs is 1. The molecule has 172 valence electrons. The number of benzene rings is 3. The van der Waals surface area contributed by atoms with Crippen LogP contribution in [-0.2, 0) is 9.59 Å². The maximum atomic E-state index is 14.2. The summed E-state index contributed by atoms with van der Waals surface area (Å²) in [7, 11) is 0. The third-order valence-corrected chi connectivity index (χ3v) is 6.07. The molecule has 0 saturated carbocycles. The summed E-state index contributed by atoms with van der Waals surface area (Å²) in [6.07, 6.45) is 1.38. The van der Waals surface area contributed by atoms with Crippen LogP contribution in [-0.4, -0.2) is 49.4 Å². The Hall–Kier alpha value is -4.13. The second-order valence-electron chi connectivity index (χ2n) is 8.19. The van der Waals surface area contributed by atoms with E-state index in [9.17, 15) is 14.0 Å². The number of halogens is 1. The van der Waals surface area contributed by atoms with Gasteiger partial charge >= 0.3 is 0 Å². The number of ether oxygens (including phenoxy) is 1. The Balaban J connectivity index is 1.33. The summed E-state index contributed by atoms with van der Waals surface area (Å²) < 4.78 is 20.0. The summed E-state index contributed by atoms with van der Waals surface area (Å²) in [5.41, 5.74) is 1.90. The van der Waals surface area contributed by atoms with E-state index >= 15 is 0 Å². The van der Waals surface area contributed by atoms with Gasteiger partial charge in [0.1, 0.15) is 12.4 Å². The lowest BCUT2D eigenvalue weighted by Crippen LogP contribution is -2.52. The van der Waals surface area contributed by atoms with Crippen molar-refractivity contribution in [2.45, 2.75) is 0 Å². The predicted molar refractivity (Wildman–Crippen MR) is 129 cm³/mol. The molecule has 2 heterocycles. The fourth-order valence-electron chi connectivity index (χ4n) is 4.24. The van der Waals surface area contributed by atoms with Gasteiger partial charge in [0.05, 0.1) is 5.69 Å². The van der Waals surface area contributed by atoms with E-state index in [2.05, 4.69) is 17.0 Å². The molecule has 2 aliphatic rings. The third-order valence-electron chi connectivity index (χ3n) is 6.07. The van der Waals surface area contributed by atoms with Gasteiger partial charge in [-0.2, -0.15) is 0 Å². The van der Waals surface area contributed by atoms with Gasteiger partial charge in [-0.05, 0) is 36.4 Å². The highest BCUT2D eigenvalue weighted by molar-refractivity contribution is 6.12. The zero-order valence-corrected chi connectivity index (χ0v) is 18.6. The number of para-hydroxylation sites is 3. The van der Waals surface area contributed by atoms with Crippen molar-refractivity contribution >= 4 is 29.3 Å². The number of nitrogens with zero attached hydrogens (tertiary/aromatic N) is 3. The SMILES string of the molecule is O=C(CN1C(=O)/C(=C\c2ccccc2F)Oc2ccccc21)N1CCN(c2ccccc2)CC1.